The number of nitrogens with zero attached hydrogens (tertiary/aromatic N) is 3. The SMILES string of the molecule is COc1cccc(C(C)NC(=O)c2cn(CCN3CCCC3)c3cc(-c4cn[nH]c4)ccc23)c1. The van der Waals surface area contributed by atoms with Crippen LogP contribution in [0.15, 0.2) is 61.1 Å². The first-order chi connectivity index (χ1) is 16.6. The molecule has 0 spiro atoms. The molecule has 7 heteroatoms. The lowest BCUT2D eigenvalue weighted by molar-refractivity contribution is 0.0941. The fourth-order valence-corrected chi connectivity index (χ4v) is 4.77. The molecule has 2 N–H and O–H groups in total. The molecule has 0 bridgehead atoms. The van der Waals surface area contributed by atoms with E-state index in [1.54, 1.807) is 7.11 Å². The zero-order chi connectivity index (χ0) is 23.5. The molecule has 1 atom stereocenters. The first-order valence-electron chi connectivity index (χ1n) is 11.9. The average molecular weight is 458 g/mol. The standard InChI is InChI=1S/C27H31N5O2/c1-19(20-6-5-7-23(14-20)34-2)30-27(33)25-18-32(13-12-31-10-3-4-11-31)26-15-21(8-9-24(25)26)22-16-28-29-17-22/h5-9,14-19H,3-4,10-13H2,1-2H3,(H,28,29)(H,30,33). The second-order valence-electron chi connectivity index (χ2n) is 8.98. The molecule has 1 amide bonds. The number of carbonyl (C=O) groups is 1. The molecule has 0 saturated carbocycles. The van der Waals surface area contributed by atoms with Gasteiger partial charge in [0, 0.05) is 41.9 Å². The van der Waals surface area contributed by atoms with Gasteiger partial charge in [-0.3, -0.25) is 9.89 Å². The second-order valence-corrected chi connectivity index (χ2v) is 8.98. The Labute approximate surface area is 199 Å². The Kier molecular flexibility index (Phi) is 6.36. The Balaban J connectivity index is 1.44. The third kappa shape index (κ3) is 4.56. The van der Waals surface area contributed by atoms with Crippen LogP contribution in [0.25, 0.3) is 22.0 Å². The van der Waals surface area contributed by atoms with Crippen molar-refractivity contribution in [1.82, 2.24) is 25.0 Å². The summed E-state index contributed by atoms with van der Waals surface area (Å²) in [6.45, 7) is 6.15. The zero-order valence-electron chi connectivity index (χ0n) is 19.8. The van der Waals surface area contributed by atoms with Crippen LogP contribution in [0.4, 0.5) is 0 Å². The van der Waals surface area contributed by atoms with Crippen LogP contribution in [0, 0.1) is 0 Å². The predicted molar refractivity (Wildman–Crippen MR) is 134 cm³/mol. The van der Waals surface area contributed by atoms with Crippen LogP contribution in [-0.2, 0) is 6.54 Å². The van der Waals surface area contributed by atoms with E-state index in [-0.39, 0.29) is 11.9 Å². The lowest BCUT2D eigenvalue weighted by Gasteiger charge is -2.15. The van der Waals surface area contributed by atoms with Crippen LogP contribution < -0.4 is 10.1 Å². The summed E-state index contributed by atoms with van der Waals surface area (Å²) in [5, 5.41) is 11.1. The zero-order valence-corrected chi connectivity index (χ0v) is 19.8. The highest BCUT2D eigenvalue weighted by atomic mass is 16.5. The van der Waals surface area contributed by atoms with Gasteiger partial charge in [0.1, 0.15) is 5.75 Å². The number of amides is 1. The molecule has 2 aromatic carbocycles. The third-order valence-corrected chi connectivity index (χ3v) is 6.76. The number of hydrogen-bond acceptors (Lipinski definition) is 4. The molecule has 1 fully saturated rings. The Morgan fingerprint density at radius 2 is 2.00 bits per heavy atom. The molecule has 1 aliphatic heterocycles. The van der Waals surface area contributed by atoms with E-state index in [9.17, 15) is 4.79 Å². The van der Waals surface area contributed by atoms with Gasteiger partial charge in [-0.15, -0.1) is 0 Å². The van der Waals surface area contributed by atoms with Crippen molar-refractivity contribution in [2.45, 2.75) is 32.4 Å². The normalized spacial score (nSPS) is 15.0. The molecule has 4 aromatic rings. The Morgan fingerprint density at radius 3 is 2.76 bits per heavy atom. The number of fused-ring (bicyclic) bond motifs is 1. The minimum absolute atomic E-state index is 0.0729. The van der Waals surface area contributed by atoms with E-state index in [4.69, 9.17) is 4.74 Å². The maximum atomic E-state index is 13.4. The van der Waals surface area contributed by atoms with Gasteiger partial charge in [0.25, 0.3) is 5.91 Å². The number of aromatic nitrogens is 3. The highest BCUT2D eigenvalue weighted by molar-refractivity contribution is 6.07. The molecule has 7 nitrogen and oxygen atoms in total. The van der Waals surface area contributed by atoms with E-state index in [1.165, 1.54) is 12.8 Å². The Hall–Kier alpha value is -3.58. The van der Waals surface area contributed by atoms with Gasteiger partial charge in [0.2, 0.25) is 0 Å². The van der Waals surface area contributed by atoms with Gasteiger partial charge in [-0.1, -0.05) is 24.3 Å². The number of hydrogen-bond donors (Lipinski definition) is 2. The summed E-state index contributed by atoms with van der Waals surface area (Å²) in [7, 11) is 1.65. The molecular formula is C27H31N5O2. The number of H-pyrrole nitrogens is 1. The van der Waals surface area contributed by atoms with Crippen LogP contribution in [0.1, 0.15) is 41.7 Å². The lowest BCUT2D eigenvalue weighted by atomic mass is 10.0. The second kappa shape index (κ2) is 9.73. The Bertz CT molecular complexity index is 1270. The molecule has 0 aliphatic carbocycles. The van der Waals surface area contributed by atoms with Gasteiger partial charge in [-0.05, 0) is 62.2 Å². The number of ether oxygens (including phenoxy) is 1. The number of aromatic amines is 1. The van der Waals surface area contributed by atoms with Crippen LogP contribution >= 0.6 is 0 Å². The monoisotopic (exact) mass is 457 g/mol. The van der Waals surface area contributed by atoms with Crippen molar-refractivity contribution in [2.75, 3.05) is 26.7 Å². The van der Waals surface area contributed by atoms with Gasteiger partial charge in [-0.25, -0.2) is 0 Å². The summed E-state index contributed by atoms with van der Waals surface area (Å²) in [4.78, 5) is 15.9. The first kappa shape index (κ1) is 22.2. The Morgan fingerprint density at radius 1 is 1.15 bits per heavy atom. The molecule has 176 valence electrons. The van der Waals surface area contributed by atoms with Crippen LogP contribution in [-0.4, -0.2) is 52.3 Å². The fraction of sp³-hybridized carbons (Fsp3) is 0.333. The molecule has 3 heterocycles. The van der Waals surface area contributed by atoms with Gasteiger partial charge >= 0.3 is 0 Å². The van der Waals surface area contributed by atoms with E-state index < -0.39 is 0 Å². The fourth-order valence-electron chi connectivity index (χ4n) is 4.77. The van der Waals surface area contributed by atoms with Gasteiger partial charge in [-0.2, -0.15) is 5.10 Å². The van der Waals surface area contributed by atoms with E-state index in [0.29, 0.717) is 5.56 Å². The van der Waals surface area contributed by atoms with E-state index in [1.807, 2.05) is 49.8 Å². The first-order valence-corrected chi connectivity index (χ1v) is 11.9. The minimum atomic E-state index is -0.143. The summed E-state index contributed by atoms with van der Waals surface area (Å²) in [5.41, 5.74) is 4.89. The maximum Gasteiger partial charge on any atom is 0.253 e. The number of likely N-dealkylation sites (tertiary alicyclic amines) is 1. The van der Waals surface area contributed by atoms with Crippen molar-refractivity contribution in [2.24, 2.45) is 0 Å². The summed E-state index contributed by atoms with van der Waals surface area (Å²) >= 11 is 0. The summed E-state index contributed by atoms with van der Waals surface area (Å²) in [5.74, 6) is 0.709. The van der Waals surface area contributed by atoms with Crippen LogP contribution in [0.5, 0.6) is 5.75 Å². The molecule has 1 aliphatic rings. The maximum absolute atomic E-state index is 13.4. The topological polar surface area (TPSA) is 75.2 Å². The van der Waals surface area contributed by atoms with E-state index in [0.717, 1.165) is 59.5 Å². The molecule has 0 radical (unpaired) electrons. The van der Waals surface area contributed by atoms with Crippen molar-refractivity contribution in [1.29, 1.82) is 0 Å². The van der Waals surface area contributed by atoms with Crippen LogP contribution in [0.3, 0.4) is 0 Å². The number of rotatable bonds is 8. The highest BCUT2D eigenvalue weighted by Crippen LogP contribution is 2.28. The number of nitrogens with one attached hydrogen (secondary N) is 2. The molecule has 1 unspecified atom stereocenters. The third-order valence-electron chi connectivity index (χ3n) is 6.76. The lowest BCUT2D eigenvalue weighted by Crippen LogP contribution is -2.26. The van der Waals surface area contributed by atoms with Crippen molar-refractivity contribution in [3.63, 3.8) is 0 Å². The summed E-state index contributed by atoms with van der Waals surface area (Å²) in [6.07, 6.45) is 8.26. The molecule has 1 saturated heterocycles. The number of methoxy groups -OCH3 is 1. The predicted octanol–water partition coefficient (Wildman–Crippen LogP) is 4.63. The average Bonchev–Trinajstić information content (AvgIpc) is 3.64. The highest BCUT2D eigenvalue weighted by Gasteiger charge is 2.19. The largest absolute Gasteiger partial charge is 0.497 e. The van der Waals surface area contributed by atoms with E-state index in [2.05, 4.69) is 43.2 Å². The van der Waals surface area contributed by atoms with Crippen molar-refractivity contribution in [3.05, 3.63) is 72.2 Å². The summed E-state index contributed by atoms with van der Waals surface area (Å²) in [6, 6.07) is 13.9. The number of benzene rings is 2. The van der Waals surface area contributed by atoms with Crippen LogP contribution in [0.2, 0.25) is 0 Å². The van der Waals surface area contributed by atoms with Gasteiger partial charge in [0.15, 0.2) is 0 Å². The van der Waals surface area contributed by atoms with Gasteiger partial charge in [0.05, 0.1) is 24.9 Å². The smallest absolute Gasteiger partial charge is 0.253 e. The van der Waals surface area contributed by atoms with Crippen molar-refractivity contribution in [3.8, 4) is 16.9 Å². The molecule has 34 heavy (non-hydrogen) atoms. The number of carbonyl (C=O) groups excluding carboxylic acids is 1. The van der Waals surface area contributed by atoms with E-state index >= 15 is 0 Å². The quantitative estimate of drug-likeness (QED) is 0.405. The molecular weight excluding hydrogens is 426 g/mol. The van der Waals surface area contributed by atoms with Crippen molar-refractivity contribution >= 4 is 16.8 Å². The van der Waals surface area contributed by atoms with Gasteiger partial charge < -0.3 is 19.5 Å². The minimum Gasteiger partial charge on any atom is -0.497 e. The summed E-state index contributed by atoms with van der Waals surface area (Å²) < 4.78 is 7.56. The van der Waals surface area contributed by atoms with Crippen molar-refractivity contribution < 1.29 is 9.53 Å². The molecule has 5 rings (SSSR count). The molecule has 2 aromatic heterocycles.